The fraction of sp³-hybridized carbons (Fsp3) is 0.556. The number of carbonyl (C=O) groups is 2. The molecule has 0 spiro atoms. The molecule has 11 nitrogen and oxygen atoms in total. The standard InChI is InChI=1S/C27H37N2O9P/c1-18(27(33)36-20-10-4-2-5-11-20)17-39(34,38-21-12-6-3-7-13-21)35-16-22-23(30)24(31)26(37-22)29-14-8-9-19(15-29)25(28)32/h3,6-8,12-15,18,20,22-24,26,30-31H,2,4-5,9-11,16-17H2,1H3,(H2,28,32)/t18-,22-,23-,24-,26-,39?/m1/s1. The molecule has 1 saturated carbocycles. The Balaban J connectivity index is 1.42. The molecular weight excluding hydrogens is 527 g/mol. The number of hydrogen-bond donors (Lipinski definition) is 3. The first kappa shape index (κ1) is 29.3. The molecule has 2 fully saturated rings. The number of nitrogens with zero attached hydrogens (tertiary/aromatic N) is 1. The molecule has 39 heavy (non-hydrogen) atoms. The van der Waals surface area contributed by atoms with Gasteiger partial charge < -0.3 is 34.8 Å². The van der Waals surface area contributed by atoms with E-state index in [9.17, 15) is 24.4 Å². The molecule has 1 aliphatic carbocycles. The van der Waals surface area contributed by atoms with Crippen LogP contribution in [0.15, 0.2) is 54.4 Å². The summed E-state index contributed by atoms with van der Waals surface area (Å²) in [4.78, 5) is 25.8. The lowest BCUT2D eigenvalue weighted by molar-refractivity contribution is -0.154. The van der Waals surface area contributed by atoms with E-state index in [-0.39, 0.29) is 18.9 Å². The van der Waals surface area contributed by atoms with E-state index in [4.69, 9.17) is 24.3 Å². The molecule has 1 aromatic carbocycles. The number of allylic oxidation sites excluding steroid dienone is 1. The highest BCUT2D eigenvalue weighted by Gasteiger charge is 2.46. The SMILES string of the molecule is C[C@H](CP(=O)(OC[C@H]1O[C@@H](N2C=CCC(C(N)=O)=C2)[C@H](O)[C@@H]1O)Oc1ccccc1)C(=O)OC1CCCCC1. The van der Waals surface area contributed by atoms with E-state index in [0.29, 0.717) is 17.7 Å². The molecule has 12 heteroatoms. The number of esters is 1. The maximum Gasteiger partial charge on any atom is 0.380 e. The topological polar surface area (TPSA) is 158 Å². The minimum absolute atomic E-state index is 0.141. The first-order valence-electron chi connectivity index (χ1n) is 13.3. The van der Waals surface area contributed by atoms with Crippen LogP contribution < -0.4 is 10.3 Å². The monoisotopic (exact) mass is 564 g/mol. The van der Waals surface area contributed by atoms with Gasteiger partial charge in [-0.25, -0.2) is 4.57 Å². The van der Waals surface area contributed by atoms with Crippen LogP contribution in [-0.2, 0) is 28.2 Å². The van der Waals surface area contributed by atoms with Gasteiger partial charge in [0.25, 0.3) is 0 Å². The van der Waals surface area contributed by atoms with Gasteiger partial charge in [-0.2, -0.15) is 0 Å². The summed E-state index contributed by atoms with van der Waals surface area (Å²) < 4.78 is 36.9. The number of hydrogen-bond acceptors (Lipinski definition) is 10. The van der Waals surface area contributed by atoms with Gasteiger partial charge in [0.2, 0.25) is 5.91 Å². The molecule has 2 heterocycles. The maximum atomic E-state index is 13.9. The van der Waals surface area contributed by atoms with Crippen molar-refractivity contribution in [2.24, 2.45) is 11.7 Å². The third kappa shape index (κ3) is 7.70. The lowest BCUT2D eigenvalue weighted by Gasteiger charge is -2.28. The van der Waals surface area contributed by atoms with E-state index >= 15 is 0 Å². The molecule has 0 radical (unpaired) electrons. The van der Waals surface area contributed by atoms with Crippen LogP contribution in [0.2, 0.25) is 0 Å². The highest BCUT2D eigenvalue weighted by molar-refractivity contribution is 7.54. The summed E-state index contributed by atoms with van der Waals surface area (Å²) in [6.07, 6.45) is 4.63. The second-order valence-corrected chi connectivity index (χ2v) is 12.2. The molecule has 0 bridgehead atoms. The van der Waals surface area contributed by atoms with Crippen LogP contribution in [0.1, 0.15) is 45.4 Å². The van der Waals surface area contributed by atoms with Crippen LogP contribution in [0.3, 0.4) is 0 Å². The number of carbonyl (C=O) groups excluding carboxylic acids is 2. The molecule has 1 amide bonds. The molecule has 214 valence electrons. The van der Waals surface area contributed by atoms with Gasteiger partial charge in [0, 0.05) is 18.0 Å². The highest BCUT2D eigenvalue weighted by atomic mass is 31.2. The Kier molecular flexibility index (Phi) is 9.85. The van der Waals surface area contributed by atoms with Crippen molar-refractivity contribution in [1.82, 2.24) is 4.90 Å². The Hall–Kier alpha value is -2.69. The summed E-state index contributed by atoms with van der Waals surface area (Å²) in [5.41, 5.74) is 5.69. The summed E-state index contributed by atoms with van der Waals surface area (Å²) in [6, 6.07) is 8.44. The number of aliphatic hydroxyl groups is 2. The minimum atomic E-state index is -3.95. The molecule has 1 aromatic rings. The van der Waals surface area contributed by atoms with E-state index in [0.717, 1.165) is 32.1 Å². The van der Waals surface area contributed by atoms with Crippen molar-refractivity contribution >= 4 is 19.5 Å². The van der Waals surface area contributed by atoms with E-state index in [1.165, 1.54) is 11.1 Å². The lowest BCUT2D eigenvalue weighted by atomic mass is 9.98. The van der Waals surface area contributed by atoms with Crippen LogP contribution in [0, 0.1) is 5.92 Å². The number of rotatable bonds is 11. The Labute approximate surface area is 228 Å². The molecule has 3 aliphatic rings. The molecule has 0 aromatic heterocycles. The minimum Gasteiger partial charge on any atom is -0.462 e. The Morgan fingerprint density at radius 3 is 2.56 bits per heavy atom. The fourth-order valence-electron chi connectivity index (χ4n) is 4.83. The zero-order chi connectivity index (χ0) is 28.0. The van der Waals surface area contributed by atoms with Crippen LogP contribution in [0.4, 0.5) is 0 Å². The summed E-state index contributed by atoms with van der Waals surface area (Å²) >= 11 is 0. The zero-order valence-corrected chi connectivity index (χ0v) is 22.9. The smallest absolute Gasteiger partial charge is 0.380 e. The zero-order valence-electron chi connectivity index (χ0n) is 22.0. The van der Waals surface area contributed by atoms with Gasteiger partial charge in [-0.1, -0.05) is 37.6 Å². The normalized spacial score (nSPS) is 27.9. The second kappa shape index (κ2) is 13.1. The predicted octanol–water partition coefficient (Wildman–Crippen LogP) is 2.82. The average Bonchev–Trinajstić information content (AvgIpc) is 3.22. The van der Waals surface area contributed by atoms with Crippen molar-refractivity contribution in [2.75, 3.05) is 12.8 Å². The van der Waals surface area contributed by atoms with Gasteiger partial charge in [-0.3, -0.25) is 14.1 Å². The number of ether oxygens (including phenoxy) is 2. The molecular formula is C27H37N2O9P. The lowest BCUT2D eigenvalue weighted by Crippen LogP contribution is -2.40. The Morgan fingerprint density at radius 1 is 1.15 bits per heavy atom. The highest BCUT2D eigenvalue weighted by Crippen LogP contribution is 2.50. The number of para-hydroxylation sites is 1. The average molecular weight is 565 g/mol. The van der Waals surface area contributed by atoms with Crippen molar-refractivity contribution < 1.29 is 42.9 Å². The van der Waals surface area contributed by atoms with Crippen molar-refractivity contribution in [3.63, 3.8) is 0 Å². The summed E-state index contributed by atoms with van der Waals surface area (Å²) in [6.45, 7) is 1.23. The van der Waals surface area contributed by atoms with Gasteiger partial charge in [0.15, 0.2) is 6.23 Å². The van der Waals surface area contributed by atoms with E-state index in [1.807, 2.05) is 0 Å². The van der Waals surface area contributed by atoms with Crippen molar-refractivity contribution in [1.29, 1.82) is 0 Å². The number of nitrogens with two attached hydrogens (primary N) is 1. The molecule has 1 unspecified atom stereocenters. The van der Waals surface area contributed by atoms with Crippen LogP contribution in [0.5, 0.6) is 5.75 Å². The predicted molar refractivity (Wildman–Crippen MR) is 141 cm³/mol. The van der Waals surface area contributed by atoms with Gasteiger partial charge in [-0.05, 0) is 44.2 Å². The van der Waals surface area contributed by atoms with Crippen molar-refractivity contribution in [3.05, 3.63) is 54.4 Å². The van der Waals surface area contributed by atoms with Gasteiger partial charge >= 0.3 is 13.6 Å². The maximum absolute atomic E-state index is 13.9. The van der Waals surface area contributed by atoms with Crippen molar-refractivity contribution in [3.8, 4) is 5.75 Å². The van der Waals surface area contributed by atoms with Crippen LogP contribution in [-0.4, -0.2) is 70.4 Å². The first-order chi connectivity index (χ1) is 18.6. The molecule has 4 rings (SSSR count). The largest absolute Gasteiger partial charge is 0.462 e. The third-order valence-corrected chi connectivity index (χ3v) is 9.05. The molecule has 2 aliphatic heterocycles. The Morgan fingerprint density at radius 2 is 1.87 bits per heavy atom. The summed E-state index contributed by atoms with van der Waals surface area (Å²) in [5, 5.41) is 21.3. The molecule has 6 atom stereocenters. The van der Waals surface area contributed by atoms with E-state index < -0.39 is 49.9 Å². The van der Waals surface area contributed by atoms with Gasteiger partial charge in [0.05, 0.1) is 18.7 Å². The number of benzene rings is 1. The van der Waals surface area contributed by atoms with E-state index in [1.54, 1.807) is 49.5 Å². The summed E-state index contributed by atoms with van der Waals surface area (Å²) in [5.74, 6) is -1.55. The first-order valence-corrected chi connectivity index (χ1v) is 15.0. The van der Waals surface area contributed by atoms with Crippen LogP contribution in [0.25, 0.3) is 0 Å². The summed E-state index contributed by atoms with van der Waals surface area (Å²) in [7, 11) is -3.95. The number of aliphatic hydroxyl groups excluding tert-OH is 2. The fourth-order valence-corrected chi connectivity index (χ4v) is 6.70. The third-order valence-electron chi connectivity index (χ3n) is 7.03. The second-order valence-electron chi connectivity index (χ2n) is 10.2. The van der Waals surface area contributed by atoms with Crippen LogP contribution >= 0.6 is 7.60 Å². The quantitative estimate of drug-likeness (QED) is 0.270. The number of amides is 1. The van der Waals surface area contributed by atoms with E-state index in [2.05, 4.69) is 0 Å². The van der Waals surface area contributed by atoms with Gasteiger partial charge in [-0.15, -0.1) is 0 Å². The molecule has 1 saturated heterocycles. The van der Waals surface area contributed by atoms with Gasteiger partial charge in [0.1, 0.15) is 30.2 Å². The van der Waals surface area contributed by atoms with Crippen molar-refractivity contribution in [2.45, 2.75) is 76.1 Å². The molecule has 4 N–H and O–H groups in total. The Bertz CT molecular complexity index is 1110. The number of primary amides is 1.